The van der Waals surface area contributed by atoms with Crippen molar-refractivity contribution in [3.05, 3.63) is 84.1 Å². The van der Waals surface area contributed by atoms with Crippen LogP contribution < -0.4 is 0 Å². The normalized spacial score (nSPS) is 13.9. The van der Waals surface area contributed by atoms with Gasteiger partial charge in [0.2, 0.25) is 0 Å². The third kappa shape index (κ3) is 4.46. The molecular formula is C23H21N3O3S. The number of phenols is 1. The molecule has 152 valence electrons. The molecule has 2 aromatic carbocycles. The summed E-state index contributed by atoms with van der Waals surface area (Å²) in [6.07, 6.45) is 1.75. The highest BCUT2D eigenvalue weighted by Crippen LogP contribution is 2.26. The second-order valence-corrected chi connectivity index (χ2v) is 7.99. The van der Waals surface area contributed by atoms with E-state index in [1.165, 1.54) is 6.07 Å². The molecule has 4 rings (SSSR count). The molecular weight excluding hydrogens is 398 g/mol. The van der Waals surface area contributed by atoms with Crippen LogP contribution in [0.25, 0.3) is 0 Å². The van der Waals surface area contributed by atoms with Crippen LogP contribution in [0.2, 0.25) is 0 Å². The molecule has 6 nitrogen and oxygen atoms in total. The van der Waals surface area contributed by atoms with Gasteiger partial charge in [-0.15, -0.1) is 0 Å². The van der Waals surface area contributed by atoms with Crippen LogP contribution >= 0.6 is 11.8 Å². The number of rotatable bonds is 4. The topological polar surface area (TPSA) is 73.7 Å². The van der Waals surface area contributed by atoms with E-state index in [1.54, 1.807) is 46.0 Å². The maximum absolute atomic E-state index is 12.8. The van der Waals surface area contributed by atoms with Crippen LogP contribution in [0, 0.1) is 0 Å². The van der Waals surface area contributed by atoms with Gasteiger partial charge in [0.15, 0.2) is 0 Å². The lowest BCUT2D eigenvalue weighted by Crippen LogP contribution is -2.50. The zero-order valence-corrected chi connectivity index (χ0v) is 17.1. The monoisotopic (exact) mass is 419 g/mol. The first-order valence-electron chi connectivity index (χ1n) is 9.67. The van der Waals surface area contributed by atoms with Gasteiger partial charge in [-0.25, -0.2) is 4.98 Å². The van der Waals surface area contributed by atoms with Crippen molar-refractivity contribution in [3.8, 4) is 5.75 Å². The molecule has 1 aliphatic heterocycles. The van der Waals surface area contributed by atoms with Crippen molar-refractivity contribution in [2.75, 3.05) is 26.2 Å². The molecule has 0 spiro atoms. The summed E-state index contributed by atoms with van der Waals surface area (Å²) >= 11 is 1.55. The molecule has 2 amide bonds. The summed E-state index contributed by atoms with van der Waals surface area (Å²) in [7, 11) is 0. The molecule has 0 radical (unpaired) electrons. The van der Waals surface area contributed by atoms with Crippen LogP contribution in [-0.4, -0.2) is 57.9 Å². The third-order valence-corrected chi connectivity index (χ3v) is 5.91. The Balaban J connectivity index is 1.35. The number of phenolic OH excluding ortho intramolecular Hbond substituents is 1. The van der Waals surface area contributed by atoms with Crippen LogP contribution in [0.5, 0.6) is 5.75 Å². The molecule has 1 fully saturated rings. The third-order valence-electron chi connectivity index (χ3n) is 4.95. The van der Waals surface area contributed by atoms with Crippen molar-refractivity contribution in [2.24, 2.45) is 0 Å². The van der Waals surface area contributed by atoms with Gasteiger partial charge in [-0.2, -0.15) is 0 Å². The molecule has 1 N–H and O–H groups in total. The lowest BCUT2D eigenvalue weighted by atomic mass is 10.1. The van der Waals surface area contributed by atoms with Gasteiger partial charge in [-0.3, -0.25) is 9.59 Å². The standard InChI is InChI=1S/C23H21N3O3S/c27-20-6-2-1-5-19(20)23(29)26-15-13-25(14-16-26)22(28)17-8-10-18(11-9-17)30-21-7-3-4-12-24-21/h1-12,27H,13-16H2. The van der Waals surface area contributed by atoms with Crippen molar-refractivity contribution in [1.29, 1.82) is 0 Å². The summed E-state index contributed by atoms with van der Waals surface area (Å²) in [5.41, 5.74) is 0.916. The van der Waals surface area contributed by atoms with Crippen molar-refractivity contribution >= 4 is 23.6 Å². The van der Waals surface area contributed by atoms with Crippen LogP contribution in [0.3, 0.4) is 0 Å². The van der Waals surface area contributed by atoms with Crippen LogP contribution in [0.1, 0.15) is 20.7 Å². The lowest BCUT2D eigenvalue weighted by molar-refractivity contribution is 0.0533. The number of carbonyl (C=O) groups excluding carboxylic acids is 2. The van der Waals surface area contributed by atoms with Crippen molar-refractivity contribution in [2.45, 2.75) is 9.92 Å². The second-order valence-electron chi connectivity index (χ2n) is 6.90. The first-order chi connectivity index (χ1) is 14.6. The van der Waals surface area contributed by atoms with Gasteiger partial charge in [0.1, 0.15) is 10.8 Å². The summed E-state index contributed by atoms with van der Waals surface area (Å²) < 4.78 is 0. The van der Waals surface area contributed by atoms with Crippen molar-refractivity contribution in [1.82, 2.24) is 14.8 Å². The fraction of sp³-hybridized carbons (Fsp3) is 0.174. The Morgan fingerprint density at radius 1 is 0.800 bits per heavy atom. The van der Waals surface area contributed by atoms with Gasteiger partial charge < -0.3 is 14.9 Å². The predicted molar refractivity (Wildman–Crippen MR) is 115 cm³/mol. The van der Waals surface area contributed by atoms with Crippen LogP contribution in [0.4, 0.5) is 0 Å². The number of amides is 2. The minimum Gasteiger partial charge on any atom is -0.507 e. The Hall–Kier alpha value is -3.32. The van der Waals surface area contributed by atoms with E-state index in [2.05, 4.69) is 4.98 Å². The number of aromatic hydroxyl groups is 1. The summed E-state index contributed by atoms with van der Waals surface area (Å²) in [5.74, 6) is -0.278. The van der Waals surface area contributed by atoms with E-state index in [9.17, 15) is 14.7 Å². The van der Waals surface area contributed by atoms with Gasteiger partial charge in [-0.05, 0) is 48.5 Å². The number of benzene rings is 2. The summed E-state index contributed by atoms with van der Waals surface area (Å²) in [6.45, 7) is 1.80. The van der Waals surface area contributed by atoms with Gasteiger partial charge in [0, 0.05) is 42.8 Å². The van der Waals surface area contributed by atoms with Gasteiger partial charge in [0.05, 0.1) is 5.56 Å². The SMILES string of the molecule is O=C(c1ccc(Sc2ccccn2)cc1)N1CCN(C(=O)c2ccccc2O)CC1. The van der Waals surface area contributed by atoms with Crippen LogP contribution in [0.15, 0.2) is 82.8 Å². The minimum absolute atomic E-state index is 0.0235. The number of nitrogens with zero attached hydrogens (tertiary/aromatic N) is 3. The van der Waals surface area contributed by atoms with E-state index in [4.69, 9.17) is 0 Å². The number of para-hydroxylation sites is 1. The molecule has 0 bridgehead atoms. The minimum atomic E-state index is -0.212. The van der Waals surface area contributed by atoms with Gasteiger partial charge >= 0.3 is 0 Å². The molecule has 3 aromatic rings. The summed E-state index contributed by atoms with van der Waals surface area (Å²) in [6, 6.07) is 19.8. The van der Waals surface area contributed by atoms with E-state index < -0.39 is 0 Å². The molecule has 30 heavy (non-hydrogen) atoms. The maximum atomic E-state index is 12.8. The smallest absolute Gasteiger partial charge is 0.257 e. The molecule has 0 saturated carbocycles. The van der Waals surface area contributed by atoms with Crippen molar-refractivity contribution < 1.29 is 14.7 Å². The van der Waals surface area contributed by atoms with E-state index in [-0.39, 0.29) is 17.6 Å². The molecule has 0 atom stereocenters. The number of hydrogen-bond donors (Lipinski definition) is 1. The number of carbonyl (C=O) groups is 2. The van der Waals surface area contributed by atoms with E-state index in [0.29, 0.717) is 37.3 Å². The van der Waals surface area contributed by atoms with E-state index in [1.807, 2.05) is 42.5 Å². The van der Waals surface area contributed by atoms with E-state index >= 15 is 0 Å². The average Bonchev–Trinajstić information content (AvgIpc) is 2.80. The zero-order chi connectivity index (χ0) is 20.9. The van der Waals surface area contributed by atoms with Gasteiger partial charge in [0.25, 0.3) is 11.8 Å². The quantitative estimate of drug-likeness (QED) is 0.700. The summed E-state index contributed by atoms with van der Waals surface area (Å²) in [4.78, 5) is 34.2. The Morgan fingerprint density at radius 3 is 2.07 bits per heavy atom. The fourth-order valence-electron chi connectivity index (χ4n) is 3.31. The van der Waals surface area contributed by atoms with Crippen molar-refractivity contribution in [3.63, 3.8) is 0 Å². The van der Waals surface area contributed by atoms with E-state index in [0.717, 1.165) is 9.92 Å². The number of piperazine rings is 1. The average molecular weight is 420 g/mol. The molecule has 0 unspecified atom stereocenters. The highest BCUT2D eigenvalue weighted by atomic mass is 32.2. The predicted octanol–water partition coefficient (Wildman–Crippen LogP) is 3.54. The zero-order valence-electron chi connectivity index (χ0n) is 16.3. The Morgan fingerprint density at radius 2 is 1.43 bits per heavy atom. The molecule has 1 aromatic heterocycles. The molecule has 2 heterocycles. The Labute approximate surface area is 179 Å². The van der Waals surface area contributed by atoms with Crippen LogP contribution in [-0.2, 0) is 0 Å². The molecule has 0 aliphatic carbocycles. The van der Waals surface area contributed by atoms with Gasteiger partial charge in [-0.1, -0.05) is 30.0 Å². The largest absolute Gasteiger partial charge is 0.507 e. The second kappa shape index (κ2) is 9.00. The highest BCUT2D eigenvalue weighted by Gasteiger charge is 2.26. The summed E-state index contributed by atoms with van der Waals surface area (Å²) in [5, 5.41) is 10.8. The fourth-order valence-corrected chi connectivity index (χ4v) is 4.09. The molecule has 1 saturated heterocycles. The number of hydrogen-bond acceptors (Lipinski definition) is 5. The molecule has 7 heteroatoms. The Kier molecular flexibility index (Phi) is 5.99. The first kappa shape index (κ1) is 20.0. The molecule has 1 aliphatic rings. The maximum Gasteiger partial charge on any atom is 0.257 e. The first-order valence-corrected chi connectivity index (χ1v) is 10.5. The number of pyridine rings is 1. The number of aromatic nitrogens is 1. The lowest BCUT2D eigenvalue weighted by Gasteiger charge is -2.35. The highest BCUT2D eigenvalue weighted by molar-refractivity contribution is 7.99. The Bertz CT molecular complexity index is 1030.